The number of nitrogens with zero attached hydrogens (tertiary/aromatic N) is 1. The Hall–Kier alpha value is -1.70. The number of amides is 1. The van der Waals surface area contributed by atoms with Crippen molar-refractivity contribution in [3.8, 4) is 0 Å². The molecule has 0 unspecified atom stereocenters. The maximum atomic E-state index is 14.5. The molecule has 1 aliphatic heterocycles. The number of halogens is 4. The molecular weight excluding hydrogens is 553 g/mol. The minimum atomic E-state index is -4.08. The van der Waals surface area contributed by atoms with Crippen molar-refractivity contribution in [1.82, 2.24) is 4.31 Å². The normalized spacial score (nSPS) is 15.7. The van der Waals surface area contributed by atoms with Gasteiger partial charge in [0.25, 0.3) is 0 Å². The summed E-state index contributed by atoms with van der Waals surface area (Å²) in [5.41, 5.74) is 4.98. The number of carbonyl (C=O) groups excluding carboxylic acids is 1. The summed E-state index contributed by atoms with van der Waals surface area (Å²) in [6.07, 6.45) is 0.578. The zero-order valence-corrected chi connectivity index (χ0v) is 19.2. The maximum absolute atomic E-state index is 14.5. The fourth-order valence-electron chi connectivity index (χ4n) is 3.07. The van der Waals surface area contributed by atoms with Gasteiger partial charge >= 0.3 is 10.2 Å². The van der Waals surface area contributed by atoms with Crippen LogP contribution in [0.3, 0.4) is 0 Å². The van der Waals surface area contributed by atoms with Gasteiger partial charge in [0.15, 0.2) is 11.6 Å². The van der Waals surface area contributed by atoms with Gasteiger partial charge < -0.3 is 11.1 Å². The van der Waals surface area contributed by atoms with E-state index in [-0.39, 0.29) is 48.2 Å². The standard InChI is InChI=1S/C18H18ClF2IN4O3S/c19-12-9-11(22)1-3-14(12)24-17-15(4-2-13(20)16(17)21)25-30(28,29)26-7-5-10(6-8-26)18(23)27/h1-4,9-10,24-25H,5-8H2,(H2,23,27). The molecule has 0 aromatic heterocycles. The number of primary amides is 1. The van der Waals surface area contributed by atoms with Crippen LogP contribution in [0.4, 0.5) is 25.8 Å². The highest BCUT2D eigenvalue weighted by molar-refractivity contribution is 14.1. The quantitative estimate of drug-likeness (QED) is 0.460. The maximum Gasteiger partial charge on any atom is 0.301 e. The molecular formula is C18H18ClF2IN4O3S. The zero-order valence-electron chi connectivity index (χ0n) is 15.5. The first-order valence-corrected chi connectivity index (χ1v) is 11.8. The predicted molar refractivity (Wildman–Crippen MR) is 120 cm³/mol. The number of benzene rings is 2. The molecule has 1 amide bonds. The molecule has 12 heteroatoms. The molecule has 3 rings (SSSR count). The molecule has 0 aliphatic carbocycles. The Kier molecular flexibility index (Phi) is 7.05. The second kappa shape index (κ2) is 9.20. The third-order valence-corrected chi connectivity index (χ3v) is 7.23. The van der Waals surface area contributed by atoms with Crippen molar-refractivity contribution in [3.05, 3.63) is 50.6 Å². The van der Waals surface area contributed by atoms with Crippen molar-refractivity contribution in [3.63, 3.8) is 0 Å². The summed E-state index contributed by atoms with van der Waals surface area (Å²) in [5, 5.41) is 2.93. The average molecular weight is 571 g/mol. The monoisotopic (exact) mass is 570 g/mol. The Bertz CT molecular complexity index is 1080. The molecule has 7 nitrogen and oxygen atoms in total. The molecule has 2 aromatic carbocycles. The molecule has 1 fully saturated rings. The second-order valence-electron chi connectivity index (χ2n) is 6.72. The van der Waals surface area contributed by atoms with Gasteiger partial charge in [-0.2, -0.15) is 12.7 Å². The van der Waals surface area contributed by atoms with Crippen LogP contribution >= 0.6 is 34.2 Å². The molecule has 0 spiro atoms. The molecule has 1 heterocycles. The number of nitrogens with one attached hydrogen (secondary N) is 2. The fraction of sp³-hybridized carbons (Fsp3) is 0.278. The molecule has 0 atom stereocenters. The van der Waals surface area contributed by atoms with Crippen LogP contribution in [-0.4, -0.2) is 31.7 Å². The first-order valence-electron chi connectivity index (χ1n) is 8.86. The molecule has 0 bridgehead atoms. The Labute approximate surface area is 191 Å². The molecule has 1 aliphatic rings. The number of rotatable bonds is 6. The van der Waals surface area contributed by atoms with Crippen molar-refractivity contribution in [2.75, 3.05) is 23.1 Å². The lowest BCUT2D eigenvalue weighted by atomic mass is 9.98. The topological polar surface area (TPSA) is 105 Å². The highest BCUT2D eigenvalue weighted by atomic mass is 127. The van der Waals surface area contributed by atoms with Crippen LogP contribution in [0.25, 0.3) is 0 Å². The van der Waals surface area contributed by atoms with Gasteiger partial charge in [-0.1, -0.05) is 11.6 Å². The molecule has 0 radical (unpaired) electrons. The van der Waals surface area contributed by atoms with E-state index in [0.717, 1.165) is 20.0 Å². The lowest BCUT2D eigenvalue weighted by Crippen LogP contribution is -2.44. The van der Waals surface area contributed by atoms with E-state index in [1.807, 2.05) is 22.6 Å². The van der Waals surface area contributed by atoms with E-state index in [1.165, 1.54) is 0 Å². The van der Waals surface area contributed by atoms with Crippen LogP contribution in [-0.2, 0) is 15.0 Å². The highest BCUT2D eigenvalue weighted by Crippen LogP contribution is 2.34. The number of piperidine rings is 1. The van der Waals surface area contributed by atoms with Gasteiger partial charge in [0.05, 0.1) is 16.4 Å². The van der Waals surface area contributed by atoms with Crippen LogP contribution < -0.4 is 15.8 Å². The van der Waals surface area contributed by atoms with Crippen LogP contribution in [0.1, 0.15) is 12.8 Å². The van der Waals surface area contributed by atoms with Gasteiger partial charge in [-0.3, -0.25) is 9.52 Å². The van der Waals surface area contributed by atoms with Crippen LogP contribution in [0.5, 0.6) is 0 Å². The van der Waals surface area contributed by atoms with Crippen molar-refractivity contribution < 1.29 is 22.0 Å². The van der Waals surface area contributed by atoms with Gasteiger partial charge in [-0.05, 0) is 65.8 Å². The van der Waals surface area contributed by atoms with Crippen molar-refractivity contribution in [1.29, 1.82) is 0 Å². The molecule has 162 valence electrons. The summed E-state index contributed by atoms with van der Waals surface area (Å²) < 4.78 is 58.2. The van der Waals surface area contributed by atoms with Crippen molar-refractivity contribution >= 4 is 67.4 Å². The summed E-state index contributed by atoms with van der Waals surface area (Å²) >= 11 is 8.20. The van der Waals surface area contributed by atoms with E-state index < -0.39 is 33.4 Å². The predicted octanol–water partition coefficient (Wildman–Crippen LogP) is 3.82. The highest BCUT2D eigenvalue weighted by Gasteiger charge is 2.31. The Morgan fingerprint density at radius 1 is 1.17 bits per heavy atom. The Morgan fingerprint density at radius 2 is 1.80 bits per heavy atom. The summed E-state index contributed by atoms with van der Waals surface area (Å²) in [6, 6.07) is 6.84. The Morgan fingerprint density at radius 3 is 2.40 bits per heavy atom. The van der Waals surface area contributed by atoms with Crippen molar-refractivity contribution in [2.45, 2.75) is 12.8 Å². The molecule has 1 saturated heterocycles. The SMILES string of the molecule is NC(=O)C1CCN(S(=O)(=O)Nc2ccc(F)c(F)c2Nc2ccc(I)cc2Cl)CC1. The van der Waals surface area contributed by atoms with Gasteiger partial charge in [0.2, 0.25) is 5.91 Å². The minimum Gasteiger partial charge on any atom is -0.369 e. The van der Waals surface area contributed by atoms with Gasteiger partial charge in [0, 0.05) is 22.6 Å². The summed E-state index contributed by atoms with van der Waals surface area (Å²) in [6.45, 7) is 0.163. The van der Waals surface area contributed by atoms with E-state index in [4.69, 9.17) is 17.3 Å². The summed E-state index contributed by atoms with van der Waals surface area (Å²) in [7, 11) is -4.08. The number of hydrogen-bond donors (Lipinski definition) is 3. The van der Waals surface area contributed by atoms with E-state index in [9.17, 15) is 22.0 Å². The zero-order chi connectivity index (χ0) is 22.1. The third-order valence-electron chi connectivity index (χ3n) is 4.72. The van der Waals surface area contributed by atoms with E-state index in [1.54, 1.807) is 18.2 Å². The fourth-order valence-corrected chi connectivity index (χ4v) is 5.24. The largest absolute Gasteiger partial charge is 0.369 e. The number of anilines is 3. The van der Waals surface area contributed by atoms with Gasteiger partial charge in [-0.25, -0.2) is 8.78 Å². The van der Waals surface area contributed by atoms with Crippen molar-refractivity contribution in [2.24, 2.45) is 11.7 Å². The first-order chi connectivity index (χ1) is 14.1. The molecule has 2 aromatic rings. The number of nitrogens with two attached hydrogens (primary N) is 1. The number of carbonyl (C=O) groups is 1. The third kappa shape index (κ3) is 5.13. The van der Waals surface area contributed by atoms with E-state index in [2.05, 4.69) is 10.0 Å². The first kappa shape index (κ1) is 23.0. The van der Waals surface area contributed by atoms with Crippen LogP contribution in [0.15, 0.2) is 30.3 Å². The van der Waals surface area contributed by atoms with Crippen LogP contribution in [0.2, 0.25) is 5.02 Å². The number of hydrogen-bond acceptors (Lipinski definition) is 4. The van der Waals surface area contributed by atoms with E-state index >= 15 is 0 Å². The lowest BCUT2D eigenvalue weighted by Gasteiger charge is -2.30. The van der Waals surface area contributed by atoms with Gasteiger partial charge in [-0.15, -0.1) is 0 Å². The smallest absolute Gasteiger partial charge is 0.301 e. The average Bonchev–Trinajstić information content (AvgIpc) is 2.69. The molecule has 0 saturated carbocycles. The van der Waals surface area contributed by atoms with Gasteiger partial charge in [0.1, 0.15) is 5.69 Å². The van der Waals surface area contributed by atoms with E-state index in [0.29, 0.717) is 0 Å². The molecule has 30 heavy (non-hydrogen) atoms. The minimum absolute atomic E-state index is 0.0817. The van der Waals surface area contributed by atoms with Crippen LogP contribution in [0, 0.1) is 21.1 Å². The second-order valence-corrected chi connectivity index (χ2v) is 10.0. The molecule has 4 N–H and O–H groups in total. The lowest BCUT2D eigenvalue weighted by molar-refractivity contribution is -0.122. The Balaban J connectivity index is 1.87. The summed E-state index contributed by atoms with van der Waals surface area (Å²) in [4.78, 5) is 11.3. The summed E-state index contributed by atoms with van der Waals surface area (Å²) in [5.74, 6) is -3.26.